The summed E-state index contributed by atoms with van der Waals surface area (Å²) in [5.41, 5.74) is 5.37. The molecule has 1 amide bonds. The van der Waals surface area contributed by atoms with Crippen LogP contribution in [0.3, 0.4) is 0 Å². The minimum atomic E-state index is -0.272. The van der Waals surface area contributed by atoms with Crippen LogP contribution in [0.25, 0.3) is 0 Å². The molecule has 0 aromatic rings. The fourth-order valence-corrected chi connectivity index (χ4v) is 1.89. The van der Waals surface area contributed by atoms with Crippen molar-refractivity contribution < 1.29 is 9.53 Å². The van der Waals surface area contributed by atoms with E-state index < -0.39 is 0 Å². The number of amides is 1. The number of hydrogen-bond donors (Lipinski definition) is 2. The normalized spacial score (nSPS) is 20.5. The van der Waals surface area contributed by atoms with Gasteiger partial charge in [0.15, 0.2) is 0 Å². The highest BCUT2D eigenvalue weighted by Crippen LogP contribution is 2.39. The number of nitrogens with one attached hydrogen (secondary N) is 1. The molecule has 0 aromatic heterocycles. The summed E-state index contributed by atoms with van der Waals surface area (Å²) in [6.07, 6.45) is 3.05. The molecule has 1 atom stereocenters. The molecule has 1 unspecified atom stereocenters. The monoisotopic (exact) mass is 214 g/mol. The van der Waals surface area contributed by atoms with Gasteiger partial charge in [0.25, 0.3) is 0 Å². The third kappa shape index (κ3) is 2.92. The summed E-state index contributed by atoms with van der Waals surface area (Å²) in [4.78, 5) is 11.8. The van der Waals surface area contributed by atoms with E-state index in [2.05, 4.69) is 5.32 Å². The molecule has 0 heterocycles. The molecule has 4 nitrogen and oxygen atoms in total. The third-order valence-corrected chi connectivity index (χ3v) is 3.18. The Hall–Kier alpha value is -0.610. The van der Waals surface area contributed by atoms with E-state index in [1.54, 1.807) is 0 Å². The van der Waals surface area contributed by atoms with E-state index >= 15 is 0 Å². The zero-order valence-corrected chi connectivity index (χ0v) is 9.71. The van der Waals surface area contributed by atoms with Crippen LogP contribution in [0, 0.1) is 5.41 Å². The fraction of sp³-hybridized carbons (Fsp3) is 0.909. The van der Waals surface area contributed by atoms with E-state index in [0.29, 0.717) is 19.7 Å². The number of carbonyl (C=O) groups is 1. The molecule has 3 N–H and O–H groups in total. The Labute approximate surface area is 91.5 Å². The molecule has 4 heteroatoms. The maximum Gasteiger partial charge on any atom is 0.227 e. The highest BCUT2D eigenvalue weighted by Gasteiger charge is 2.42. The molecule has 0 spiro atoms. The Kier molecular flexibility index (Phi) is 4.54. The van der Waals surface area contributed by atoms with Crippen LogP contribution >= 0.6 is 0 Å². The van der Waals surface area contributed by atoms with Crippen molar-refractivity contribution in [2.75, 3.05) is 19.7 Å². The molecule has 1 fully saturated rings. The Morgan fingerprint density at radius 1 is 1.60 bits per heavy atom. The molecule has 0 radical (unpaired) electrons. The number of rotatable bonds is 6. The molecule has 15 heavy (non-hydrogen) atoms. The predicted molar refractivity (Wildman–Crippen MR) is 59.4 cm³/mol. The highest BCUT2D eigenvalue weighted by atomic mass is 16.5. The van der Waals surface area contributed by atoms with Crippen LogP contribution in [-0.2, 0) is 9.53 Å². The SMILES string of the molecule is CCOC(C)CNC(=O)C1(CN)CCC1. The zero-order chi connectivity index (χ0) is 11.3. The molecule has 1 aliphatic rings. The van der Waals surface area contributed by atoms with E-state index in [1.165, 1.54) is 0 Å². The standard InChI is InChI=1S/C11H22N2O2/c1-3-15-9(2)7-13-10(14)11(8-12)5-4-6-11/h9H,3-8,12H2,1-2H3,(H,13,14). The first-order valence-corrected chi connectivity index (χ1v) is 5.74. The van der Waals surface area contributed by atoms with Gasteiger partial charge in [0.05, 0.1) is 11.5 Å². The first kappa shape index (κ1) is 12.5. The molecule has 88 valence electrons. The number of ether oxygens (including phenoxy) is 1. The van der Waals surface area contributed by atoms with Crippen LogP contribution in [0.15, 0.2) is 0 Å². The zero-order valence-electron chi connectivity index (χ0n) is 9.71. The first-order valence-electron chi connectivity index (χ1n) is 5.74. The Morgan fingerprint density at radius 2 is 2.27 bits per heavy atom. The molecule has 1 aliphatic carbocycles. The lowest BCUT2D eigenvalue weighted by Crippen LogP contribution is -2.51. The summed E-state index contributed by atoms with van der Waals surface area (Å²) >= 11 is 0. The second-order valence-corrected chi connectivity index (χ2v) is 4.31. The number of hydrogen-bond acceptors (Lipinski definition) is 3. The smallest absolute Gasteiger partial charge is 0.227 e. The lowest BCUT2D eigenvalue weighted by Gasteiger charge is -2.39. The van der Waals surface area contributed by atoms with Gasteiger partial charge in [-0.25, -0.2) is 0 Å². The van der Waals surface area contributed by atoms with Crippen LogP contribution in [0.2, 0.25) is 0 Å². The summed E-state index contributed by atoms with van der Waals surface area (Å²) in [6.45, 7) is 5.63. The van der Waals surface area contributed by atoms with E-state index in [4.69, 9.17) is 10.5 Å². The van der Waals surface area contributed by atoms with Gasteiger partial charge < -0.3 is 15.8 Å². The van der Waals surface area contributed by atoms with E-state index in [1.807, 2.05) is 13.8 Å². The van der Waals surface area contributed by atoms with Crippen molar-refractivity contribution in [2.45, 2.75) is 39.2 Å². The van der Waals surface area contributed by atoms with Gasteiger partial charge in [-0.15, -0.1) is 0 Å². The maximum absolute atomic E-state index is 11.8. The molecule has 1 rings (SSSR count). The lowest BCUT2D eigenvalue weighted by molar-refractivity contribution is -0.135. The van der Waals surface area contributed by atoms with Crippen LogP contribution in [0.4, 0.5) is 0 Å². The van der Waals surface area contributed by atoms with Crippen molar-refractivity contribution in [3.05, 3.63) is 0 Å². The van der Waals surface area contributed by atoms with Gasteiger partial charge >= 0.3 is 0 Å². The summed E-state index contributed by atoms with van der Waals surface area (Å²) in [5, 5.41) is 2.92. The van der Waals surface area contributed by atoms with Gasteiger partial charge in [0.1, 0.15) is 0 Å². The van der Waals surface area contributed by atoms with Gasteiger partial charge in [-0.3, -0.25) is 4.79 Å². The van der Waals surface area contributed by atoms with E-state index in [-0.39, 0.29) is 17.4 Å². The summed E-state index contributed by atoms with van der Waals surface area (Å²) in [7, 11) is 0. The Balaban J connectivity index is 2.29. The van der Waals surface area contributed by atoms with Crippen molar-refractivity contribution in [2.24, 2.45) is 11.1 Å². The number of nitrogens with two attached hydrogens (primary N) is 1. The van der Waals surface area contributed by atoms with Crippen LogP contribution < -0.4 is 11.1 Å². The third-order valence-electron chi connectivity index (χ3n) is 3.18. The molecule has 0 aliphatic heterocycles. The quantitative estimate of drug-likeness (QED) is 0.682. The molecular formula is C11H22N2O2. The van der Waals surface area contributed by atoms with E-state index in [9.17, 15) is 4.79 Å². The molecule has 0 aromatic carbocycles. The van der Waals surface area contributed by atoms with Crippen LogP contribution in [0.1, 0.15) is 33.1 Å². The lowest BCUT2D eigenvalue weighted by atomic mass is 9.68. The van der Waals surface area contributed by atoms with Crippen molar-refractivity contribution in [1.82, 2.24) is 5.32 Å². The van der Waals surface area contributed by atoms with Crippen molar-refractivity contribution in [3.63, 3.8) is 0 Å². The largest absolute Gasteiger partial charge is 0.377 e. The van der Waals surface area contributed by atoms with E-state index in [0.717, 1.165) is 19.3 Å². The van der Waals surface area contributed by atoms with Gasteiger partial charge in [0, 0.05) is 19.7 Å². The Morgan fingerprint density at radius 3 is 2.67 bits per heavy atom. The van der Waals surface area contributed by atoms with Crippen molar-refractivity contribution in [3.8, 4) is 0 Å². The molecule has 1 saturated carbocycles. The van der Waals surface area contributed by atoms with Gasteiger partial charge in [0.2, 0.25) is 5.91 Å². The average Bonchev–Trinajstić information content (AvgIpc) is 2.14. The maximum atomic E-state index is 11.8. The molecular weight excluding hydrogens is 192 g/mol. The molecule has 0 saturated heterocycles. The highest BCUT2D eigenvalue weighted by molar-refractivity contribution is 5.83. The Bertz CT molecular complexity index is 209. The van der Waals surface area contributed by atoms with Gasteiger partial charge in [-0.2, -0.15) is 0 Å². The van der Waals surface area contributed by atoms with Gasteiger partial charge in [-0.05, 0) is 26.7 Å². The minimum absolute atomic E-state index is 0.0776. The fourth-order valence-electron chi connectivity index (χ4n) is 1.89. The van der Waals surface area contributed by atoms with Crippen molar-refractivity contribution >= 4 is 5.91 Å². The summed E-state index contributed by atoms with van der Waals surface area (Å²) in [5.74, 6) is 0.0998. The van der Waals surface area contributed by atoms with Crippen LogP contribution in [-0.4, -0.2) is 31.7 Å². The van der Waals surface area contributed by atoms with Gasteiger partial charge in [-0.1, -0.05) is 6.42 Å². The second-order valence-electron chi connectivity index (χ2n) is 4.31. The summed E-state index contributed by atoms with van der Waals surface area (Å²) in [6, 6.07) is 0. The predicted octanol–water partition coefficient (Wildman–Crippen LogP) is 0.657. The average molecular weight is 214 g/mol. The van der Waals surface area contributed by atoms with Crippen molar-refractivity contribution in [1.29, 1.82) is 0 Å². The number of carbonyl (C=O) groups excluding carboxylic acids is 1. The first-order chi connectivity index (χ1) is 7.14. The molecule has 0 bridgehead atoms. The topological polar surface area (TPSA) is 64.3 Å². The minimum Gasteiger partial charge on any atom is -0.377 e. The summed E-state index contributed by atoms with van der Waals surface area (Å²) < 4.78 is 5.34. The second kappa shape index (κ2) is 5.47. The van der Waals surface area contributed by atoms with Crippen LogP contribution in [0.5, 0.6) is 0 Å².